The van der Waals surface area contributed by atoms with Crippen molar-refractivity contribution < 1.29 is 23.5 Å². The number of ether oxygens (including phenoxy) is 2. The van der Waals surface area contributed by atoms with E-state index >= 15 is 0 Å². The Morgan fingerprint density at radius 1 is 1.50 bits per heavy atom. The molecule has 1 aliphatic rings. The van der Waals surface area contributed by atoms with Crippen LogP contribution in [0.4, 0.5) is 0 Å². The van der Waals surface area contributed by atoms with Crippen LogP contribution >= 0.6 is 11.8 Å². The zero-order valence-electron chi connectivity index (χ0n) is 11.5. The average molecular weight is 299 g/mol. The molecule has 1 amide bonds. The molecule has 2 heterocycles. The number of rotatable bonds is 4. The maximum Gasteiger partial charge on any atom is 0.331 e. The molecule has 110 valence electrons. The molecule has 1 fully saturated rings. The van der Waals surface area contributed by atoms with Gasteiger partial charge < -0.3 is 18.8 Å². The van der Waals surface area contributed by atoms with E-state index in [-0.39, 0.29) is 18.3 Å². The second-order valence-corrected chi connectivity index (χ2v) is 5.18. The summed E-state index contributed by atoms with van der Waals surface area (Å²) in [5.74, 6) is 0.898. The van der Waals surface area contributed by atoms with E-state index in [2.05, 4.69) is 0 Å². The van der Waals surface area contributed by atoms with Crippen LogP contribution in [-0.4, -0.2) is 55.9 Å². The van der Waals surface area contributed by atoms with Crippen LogP contribution in [0.3, 0.4) is 0 Å². The smallest absolute Gasteiger partial charge is 0.331 e. The van der Waals surface area contributed by atoms with Crippen molar-refractivity contribution in [3.8, 4) is 0 Å². The van der Waals surface area contributed by atoms with Crippen molar-refractivity contribution >= 4 is 23.6 Å². The zero-order valence-corrected chi connectivity index (χ0v) is 12.3. The molecule has 1 aromatic heterocycles. The van der Waals surface area contributed by atoms with E-state index in [9.17, 15) is 9.59 Å². The Labute approximate surface area is 121 Å². The summed E-state index contributed by atoms with van der Waals surface area (Å²) in [7, 11) is 1.29. The molecular formula is C13H17NO5S. The SMILES string of the molecule is COC(=O)C1COCCN1C(=O)c1ccc(CSC)o1. The molecule has 0 spiro atoms. The van der Waals surface area contributed by atoms with Crippen molar-refractivity contribution in [2.45, 2.75) is 11.8 Å². The third-order valence-corrected chi connectivity index (χ3v) is 3.59. The molecule has 1 aliphatic heterocycles. The van der Waals surface area contributed by atoms with Crippen LogP contribution in [0.5, 0.6) is 0 Å². The number of methoxy groups -OCH3 is 1. The van der Waals surface area contributed by atoms with Crippen LogP contribution in [0, 0.1) is 0 Å². The van der Waals surface area contributed by atoms with Crippen LogP contribution in [0.25, 0.3) is 0 Å². The van der Waals surface area contributed by atoms with Gasteiger partial charge in [-0.3, -0.25) is 4.79 Å². The number of thioether (sulfide) groups is 1. The predicted octanol–water partition coefficient (Wildman–Crippen LogP) is 1.16. The van der Waals surface area contributed by atoms with Gasteiger partial charge in [0.1, 0.15) is 5.76 Å². The van der Waals surface area contributed by atoms with E-state index < -0.39 is 12.0 Å². The molecule has 1 saturated heterocycles. The summed E-state index contributed by atoms with van der Waals surface area (Å²) in [6.45, 7) is 0.894. The van der Waals surface area contributed by atoms with Gasteiger partial charge in [0.05, 0.1) is 26.1 Å². The molecule has 0 radical (unpaired) electrons. The number of morpholine rings is 1. The van der Waals surface area contributed by atoms with E-state index in [0.29, 0.717) is 18.9 Å². The van der Waals surface area contributed by atoms with Crippen molar-refractivity contribution in [3.05, 3.63) is 23.7 Å². The summed E-state index contributed by atoms with van der Waals surface area (Å²) in [6, 6.07) is 2.70. The Hall–Kier alpha value is -1.47. The number of amides is 1. The standard InChI is InChI=1S/C13H17NO5S/c1-17-13(16)10-7-18-6-5-14(10)12(15)11-4-3-9(19-11)8-20-2/h3-4,10H,5-8H2,1-2H3. The largest absolute Gasteiger partial charge is 0.467 e. The molecular weight excluding hydrogens is 282 g/mol. The topological polar surface area (TPSA) is 69.0 Å². The summed E-state index contributed by atoms with van der Waals surface area (Å²) in [5, 5.41) is 0. The van der Waals surface area contributed by atoms with Crippen LogP contribution < -0.4 is 0 Å². The number of carbonyl (C=O) groups excluding carboxylic acids is 2. The van der Waals surface area contributed by atoms with Crippen LogP contribution in [0.2, 0.25) is 0 Å². The van der Waals surface area contributed by atoms with Gasteiger partial charge in [0.25, 0.3) is 5.91 Å². The molecule has 7 heteroatoms. The molecule has 1 atom stereocenters. The first-order chi connectivity index (χ1) is 9.67. The lowest BCUT2D eigenvalue weighted by molar-refractivity contribution is -0.151. The third-order valence-electron chi connectivity index (χ3n) is 3.02. The quantitative estimate of drug-likeness (QED) is 0.777. The lowest BCUT2D eigenvalue weighted by atomic mass is 10.2. The minimum atomic E-state index is -0.713. The number of nitrogens with zero attached hydrogens (tertiary/aromatic N) is 1. The Bertz CT molecular complexity index is 487. The van der Waals surface area contributed by atoms with E-state index in [4.69, 9.17) is 13.9 Å². The van der Waals surface area contributed by atoms with Gasteiger partial charge in [-0.15, -0.1) is 0 Å². The van der Waals surface area contributed by atoms with Gasteiger partial charge in [-0.25, -0.2) is 4.79 Å². The van der Waals surface area contributed by atoms with Crippen molar-refractivity contribution in [3.63, 3.8) is 0 Å². The second kappa shape index (κ2) is 6.81. The first-order valence-corrected chi connectivity index (χ1v) is 7.61. The first-order valence-electron chi connectivity index (χ1n) is 6.21. The Balaban J connectivity index is 2.14. The van der Waals surface area contributed by atoms with Crippen molar-refractivity contribution in [2.24, 2.45) is 0 Å². The molecule has 6 nitrogen and oxygen atoms in total. The van der Waals surface area contributed by atoms with E-state index in [0.717, 1.165) is 5.76 Å². The molecule has 0 aliphatic carbocycles. The minimum Gasteiger partial charge on any atom is -0.467 e. The van der Waals surface area contributed by atoms with Crippen molar-refractivity contribution in [1.29, 1.82) is 0 Å². The number of esters is 1. The summed E-state index contributed by atoms with van der Waals surface area (Å²) >= 11 is 1.61. The zero-order chi connectivity index (χ0) is 14.5. The van der Waals surface area contributed by atoms with E-state index in [1.165, 1.54) is 12.0 Å². The highest BCUT2D eigenvalue weighted by Crippen LogP contribution is 2.18. The lowest BCUT2D eigenvalue weighted by Crippen LogP contribution is -2.52. The van der Waals surface area contributed by atoms with Crippen molar-refractivity contribution in [1.82, 2.24) is 4.90 Å². The molecule has 1 aromatic rings. The maximum absolute atomic E-state index is 12.4. The number of carbonyl (C=O) groups is 2. The monoisotopic (exact) mass is 299 g/mol. The third kappa shape index (κ3) is 3.16. The summed E-state index contributed by atoms with van der Waals surface area (Å²) < 4.78 is 15.4. The lowest BCUT2D eigenvalue weighted by Gasteiger charge is -2.32. The van der Waals surface area contributed by atoms with Gasteiger partial charge >= 0.3 is 5.97 Å². The molecule has 0 saturated carbocycles. The highest BCUT2D eigenvalue weighted by Gasteiger charge is 2.35. The van der Waals surface area contributed by atoms with E-state index in [1.54, 1.807) is 23.9 Å². The fourth-order valence-corrected chi connectivity index (χ4v) is 2.47. The highest BCUT2D eigenvalue weighted by molar-refractivity contribution is 7.97. The molecule has 0 bridgehead atoms. The summed E-state index contributed by atoms with van der Waals surface area (Å²) in [4.78, 5) is 25.5. The maximum atomic E-state index is 12.4. The van der Waals surface area contributed by atoms with Gasteiger partial charge in [0.15, 0.2) is 11.8 Å². The van der Waals surface area contributed by atoms with Gasteiger partial charge in [0.2, 0.25) is 0 Å². The minimum absolute atomic E-state index is 0.150. The second-order valence-electron chi connectivity index (χ2n) is 4.31. The van der Waals surface area contributed by atoms with Gasteiger partial charge in [-0.05, 0) is 18.4 Å². The van der Waals surface area contributed by atoms with E-state index in [1.807, 2.05) is 6.26 Å². The Morgan fingerprint density at radius 2 is 2.30 bits per heavy atom. The first kappa shape index (κ1) is 14.9. The number of furan rings is 1. The van der Waals surface area contributed by atoms with Crippen LogP contribution in [-0.2, 0) is 20.0 Å². The summed E-state index contributed by atoms with van der Waals surface area (Å²) in [6.07, 6.45) is 1.96. The molecule has 0 N–H and O–H groups in total. The Kier molecular flexibility index (Phi) is 5.08. The van der Waals surface area contributed by atoms with Gasteiger partial charge in [-0.1, -0.05) is 0 Å². The molecule has 2 rings (SSSR count). The average Bonchev–Trinajstić information content (AvgIpc) is 2.94. The molecule has 20 heavy (non-hydrogen) atoms. The van der Waals surface area contributed by atoms with Gasteiger partial charge in [0, 0.05) is 6.54 Å². The fraction of sp³-hybridized carbons (Fsp3) is 0.538. The molecule has 0 aromatic carbocycles. The Morgan fingerprint density at radius 3 is 3.00 bits per heavy atom. The molecule has 1 unspecified atom stereocenters. The normalized spacial score (nSPS) is 18.9. The highest BCUT2D eigenvalue weighted by atomic mass is 32.2. The van der Waals surface area contributed by atoms with Crippen LogP contribution in [0.1, 0.15) is 16.3 Å². The fourth-order valence-electron chi connectivity index (χ4n) is 2.03. The van der Waals surface area contributed by atoms with Crippen LogP contribution in [0.15, 0.2) is 16.5 Å². The van der Waals surface area contributed by atoms with Crippen molar-refractivity contribution in [2.75, 3.05) is 33.1 Å². The number of hydrogen-bond acceptors (Lipinski definition) is 6. The predicted molar refractivity (Wildman–Crippen MR) is 73.6 cm³/mol. The van der Waals surface area contributed by atoms with Gasteiger partial charge in [-0.2, -0.15) is 11.8 Å². The number of hydrogen-bond donors (Lipinski definition) is 0. The summed E-state index contributed by atoms with van der Waals surface area (Å²) in [5.41, 5.74) is 0.